The third-order valence-electron chi connectivity index (χ3n) is 4.98. The Labute approximate surface area is 203 Å². The Morgan fingerprint density at radius 1 is 0.943 bits per heavy atom. The molecule has 2 rings (SSSR count). The minimum atomic E-state index is -3.43. The van der Waals surface area contributed by atoms with E-state index in [0.29, 0.717) is 36.0 Å². The number of unbranched alkanes of at least 4 members (excludes halogenated alkanes) is 2. The van der Waals surface area contributed by atoms with Crippen LogP contribution in [0.2, 0.25) is 0 Å². The number of carbonyl (C=O) groups is 2. The summed E-state index contributed by atoms with van der Waals surface area (Å²) in [6, 6.07) is 14.6. The van der Waals surface area contributed by atoms with Gasteiger partial charge in [-0.05, 0) is 36.1 Å². The lowest BCUT2D eigenvalue weighted by molar-refractivity contribution is -0.757. The number of carbonyl (C=O) groups excluding carboxylic acids is 2. The van der Waals surface area contributed by atoms with Gasteiger partial charge in [-0.25, -0.2) is 13.2 Å². The molecule has 2 aromatic rings. The maximum absolute atomic E-state index is 12.7. The van der Waals surface area contributed by atoms with E-state index in [1.807, 2.05) is 0 Å². The van der Waals surface area contributed by atoms with E-state index in [0.717, 1.165) is 6.26 Å². The van der Waals surface area contributed by atoms with E-state index in [4.69, 9.17) is 9.47 Å². The number of esters is 2. The van der Waals surface area contributed by atoms with E-state index < -0.39 is 26.9 Å². The second-order valence-corrected chi connectivity index (χ2v) is 9.55. The molecule has 10 nitrogen and oxygen atoms in total. The number of methoxy groups -OCH3 is 1. The Balaban J connectivity index is 2.27. The third-order valence-corrected chi connectivity index (χ3v) is 6.11. The van der Waals surface area contributed by atoms with Gasteiger partial charge < -0.3 is 14.3 Å². The quantitative estimate of drug-likeness (QED) is 0.0999. The lowest BCUT2D eigenvalue weighted by Gasteiger charge is -2.16. The minimum Gasteiger partial charge on any atom is -0.465 e. The molecule has 188 valence electrons. The highest BCUT2D eigenvalue weighted by atomic mass is 32.2. The first-order valence-electron chi connectivity index (χ1n) is 10.7. The molecule has 0 heterocycles. The summed E-state index contributed by atoms with van der Waals surface area (Å²) in [6.07, 6.45) is 2.58. The average molecular weight is 506 g/mol. The van der Waals surface area contributed by atoms with Crippen molar-refractivity contribution in [2.24, 2.45) is 0 Å². The van der Waals surface area contributed by atoms with Gasteiger partial charge in [0.25, 0.3) is 5.09 Å². The van der Waals surface area contributed by atoms with E-state index in [9.17, 15) is 28.1 Å². The third kappa shape index (κ3) is 8.85. The molecule has 0 saturated heterocycles. The van der Waals surface area contributed by atoms with E-state index in [1.165, 1.54) is 19.2 Å². The van der Waals surface area contributed by atoms with Gasteiger partial charge in [-0.3, -0.25) is 4.79 Å². The molecule has 0 aromatic heterocycles. The summed E-state index contributed by atoms with van der Waals surface area (Å²) < 4.78 is 34.1. The van der Waals surface area contributed by atoms with Gasteiger partial charge in [0.05, 0.1) is 24.2 Å². The van der Waals surface area contributed by atoms with E-state index in [1.54, 1.807) is 42.5 Å². The van der Waals surface area contributed by atoms with Crippen molar-refractivity contribution in [2.45, 2.75) is 30.6 Å². The maximum atomic E-state index is 12.7. The van der Waals surface area contributed by atoms with Gasteiger partial charge >= 0.3 is 11.9 Å². The molecular weight excluding hydrogens is 478 g/mol. The highest BCUT2D eigenvalue weighted by Gasteiger charge is 2.21. The number of hydrogen-bond acceptors (Lipinski definition) is 9. The average Bonchev–Trinajstić information content (AvgIpc) is 2.83. The Hall–Kier alpha value is -3.73. The summed E-state index contributed by atoms with van der Waals surface area (Å²) in [7, 11) is -2.19. The van der Waals surface area contributed by atoms with Crippen molar-refractivity contribution in [3.63, 3.8) is 0 Å². The Kier molecular flexibility index (Phi) is 10.4. The number of rotatable bonds is 13. The Morgan fingerprint density at radius 3 is 2.17 bits per heavy atom. The highest BCUT2D eigenvalue weighted by Crippen LogP contribution is 2.29. The van der Waals surface area contributed by atoms with Crippen LogP contribution in [0.1, 0.15) is 36.8 Å². The van der Waals surface area contributed by atoms with Crippen LogP contribution >= 0.6 is 0 Å². The van der Waals surface area contributed by atoms with Crippen molar-refractivity contribution >= 4 is 32.9 Å². The first-order valence-corrected chi connectivity index (χ1v) is 12.6. The summed E-state index contributed by atoms with van der Waals surface area (Å²) in [6.45, 7) is -0.293. The number of ether oxygens (including phenoxy) is 2. The second-order valence-electron chi connectivity index (χ2n) is 7.54. The largest absolute Gasteiger partial charge is 0.465 e. The fraction of sp³-hybridized carbons (Fsp3) is 0.333. The Bertz CT molecular complexity index is 1160. The molecule has 11 heteroatoms. The number of nitrogens with zero attached hydrogens (tertiary/aromatic N) is 1. The zero-order valence-electron chi connectivity index (χ0n) is 19.5. The van der Waals surface area contributed by atoms with Crippen molar-refractivity contribution in [1.29, 1.82) is 0 Å². The highest BCUT2D eigenvalue weighted by molar-refractivity contribution is 7.90. The lowest BCUT2D eigenvalue weighted by atomic mass is 9.95. The number of sulfone groups is 1. The van der Waals surface area contributed by atoms with E-state index in [2.05, 4.69) is 4.84 Å². The van der Waals surface area contributed by atoms with Crippen molar-refractivity contribution in [2.75, 3.05) is 26.6 Å². The molecular formula is C24H27NO9S. The first-order chi connectivity index (χ1) is 16.6. The van der Waals surface area contributed by atoms with Gasteiger partial charge in [0.15, 0.2) is 9.84 Å². The standard InChI is InChI=1S/C24H27NO9S/c1-32-24(27)23(19-9-5-3-6-10-19)21(18-12-14-20(15-13-18)35(2,30)31)17-33-22(26)11-7-4-8-16-34-25(28)29/h3,5-6,9-10,12-15H,4,7-8,11,16-17H2,1-2H3/b23-21+. The first kappa shape index (κ1) is 27.5. The van der Waals surface area contributed by atoms with Crippen LogP contribution in [0.5, 0.6) is 0 Å². The molecule has 0 spiro atoms. The van der Waals surface area contributed by atoms with Gasteiger partial charge in [-0.2, -0.15) is 0 Å². The zero-order valence-corrected chi connectivity index (χ0v) is 20.3. The van der Waals surface area contributed by atoms with Crippen LogP contribution < -0.4 is 0 Å². The summed E-state index contributed by atoms with van der Waals surface area (Å²) in [4.78, 5) is 39.5. The maximum Gasteiger partial charge on any atom is 0.338 e. The predicted octanol–water partition coefficient (Wildman–Crippen LogP) is 3.49. The monoisotopic (exact) mass is 505 g/mol. The summed E-state index contributed by atoms with van der Waals surface area (Å²) in [5.74, 6) is -1.15. The molecule has 0 amide bonds. The van der Waals surface area contributed by atoms with Crippen LogP contribution in [0.15, 0.2) is 59.5 Å². The van der Waals surface area contributed by atoms with Crippen molar-refractivity contribution in [1.82, 2.24) is 0 Å². The van der Waals surface area contributed by atoms with Crippen LogP contribution in [-0.2, 0) is 33.7 Å². The number of hydrogen-bond donors (Lipinski definition) is 0. The molecule has 35 heavy (non-hydrogen) atoms. The van der Waals surface area contributed by atoms with Gasteiger partial charge in [-0.15, -0.1) is 10.1 Å². The Morgan fingerprint density at radius 2 is 1.60 bits per heavy atom. The number of benzene rings is 2. The van der Waals surface area contributed by atoms with Crippen LogP contribution in [0.4, 0.5) is 0 Å². The lowest BCUT2D eigenvalue weighted by Crippen LogP contribution is -2.13. The van der Waals surface area contributed by atoms with Gasteiger partial charge in [0.2, 0.25) is 0 Å². The molecule has 0 aliphatic rings. The molecule has 0 radical (unpaired) electrons. The predicted molar refractivity (Wildman–Crippen MR) is 127 cm³/mol. The van der Waals surface area contributed by atoms with Gasteiger partial charge in [0.1, 0.15) is 6.61 Å². The van der Waals surface area contributed by atoms with Crippen molar-refractivity contribution in [3.05, 3.63) is 75.8 Å². The van der Waals surface area contributed by atoms with Crippen LogP contribution in [-0.4, -0.2) is 52.0 Å². The zero-order chi connectivity index (χ0) is 25.8. The summed E-state index contributed by atoms with van der Waals surface area (Å²) in [5.41, 5.74) is 1.58. The molecule has 0 N–H and O–H groups in total. The van der Waals surface area contributed by atoms with Gasteiger partial charge in [0, 0.05) is 18.2 Å². The molecule has 0 aliphatic heterocycles. The molecule has 0 atom stereocenters. The van der Waals surface area contributed by atoms with Crippen molar-refractivity contribution < 1.29 is 37.4 Å². The van der Waals surface area contributed by atoms with Crippen LogP contribution in [0.25, 0.3) is 11.1 Å². The van der Waals surface area contributed by atoms with E-state index >= 15 is 0 Å². The molecule has 0 bridgehead atoms. The van der Waals surface area contributed by atoms with Crippen LogP contribution in [0.3, 0.4) is 0 Å². The topological polar surface area (TPSA) is 139 Å². The fourth-order valence-electron chi connectivity index (χ4n) is 3.24. The van der Waals surface area contributed by atoms with E-state index in [-0.39, 0.29) is 30.1 Å². The summed E-state index contributed by atoms with van der Waals surface area (Å²) >= 11 is 0. The summed E-state index contributed by atoms with van der Waals surface area (Å²) in [5, 5.41) is 9.28. The SMILES string of the molecule is COC(=O)/C(=C(\COC(=O)CCCCCO[N+](=O)[O-])c1ccc(S(C)(=O)=O)cc1)c1ccccc1. The molecule has 0 aliphatic carbocycles. The minimum absolute atomic E-state index is 0.0437. The second kappa shape index (κ2) is 13.2. The van der Waals surface area contributed by atoms with Crippen LogP contribution in [0, 0.1) is 10.1 Å². The van der Waals surface area contributed by atoms with Crippen molar-refractivity contribution in [3.8, 4) is 0 Å². The molecule has 0 unspecified atom stereocenters. The molecule has 0 saturated carbocycles. The van der Waals surface area contributed by atoms with Gasteiger partial charge in [-0.1, -0.05) is 48.9 Å². The molecule has 2 aromatic carbocycles. The molecule has 0 fully saturated rings. The smallest absolute Gasteiger partial charge is 0.338 e. The fourth-order valence-corrected chi connectivity index (χ4v) is 3.87. The normalized spacial score (nSPS) is 11.8.